The number of esters is 1. The fourth-order valence-electron chi connectivity index (χ4n) is 1.79. The molecule has 0 unspecified atom stereocenters. The van der Waals surface area contributed by atoms with Crippen LogP contribution in [0, 0.1) is 0 Å². The number of nitrogens with zero attached hydrogens (tertiary/aromatic N) is 2. The molecule has 1 N–H and O–H groups in total. The fourth-order valence-corrected chi connectivity index (χ4v) is 2.66. The average Bonchev–Trinajstić information content (AvgIpc) is 2.96. The Labute approximate surface area is 122 Å². The van der Waals surface area contributed by atoms with E-state index in [1.807, 2.05) is 0 Å². The first kappa shape index (κ1) is 15.0. The van der Waals surface area contributed by atoms with Crippen molar-refractivity contribution < 1.29 is 14.3 Å². The third kappa shape index (κ3) is 2.87. The van der Waals surface area contributed by atoms with Gasteiger partial charge in [-0.3, -0.25) is 23.5 Å². The van der Waals surface area contributed by atoms with Gasteiger partial charge in [-0.05, 0) is 11.4 Å². The van der Waals surface area contributed by atoms with Crippen molar-refractivity contribution in [2.45, 2.75) is 6.54 Å². The lowest BCUT2D eigenvalue weighted by molar-refractivity contribution is -0.141. The van der Waals surface area contributed by atoms with Crippen molar-refractivity contribution in [3.05, 3.63) is 32.3 Å². The topological polar surface area (TPSA) is 99.4 Å². The molecule has 2 rings (SSSR count). The molecule has 0 saturated heterocycles. The van der Waals surface area contributed by atoms with Gasteiger partial charge in [0, 0.05) is 7.05 Å². The summed E-state index contributed by atoms with van der Waals surface area (Å²) in [4.78, 5) is 46.7. The number of carbonyl (C=O) groups excluding carboxylic acids is 2. The molecular weight excluding hydrogens is 298 g/mol. The summed E-state index contributed by atoms with van der Waals surface area (Å²) in [6.45, 7) is -0.556. The maximum absolute atomic E-state index is 12.1. The molecule has 2 heterocycles. The number of methoxy groups -OCH3 is 1. The van der Waals surface area contributed by atoms with Crippen molar-refractivity contribution in [2.24, 2.45) is 7.05 Å². The third-order valence-electron chi connectivity index (χ3n) is 2.91. The van der Waals surface area contributed by atoms with Gasteiger partial charge < -0.3 is 10.1 Å². The summed E-state index contributed by atoms with van der Waals surface area (Å²) in [5.74, 6) is -1.11. The van der Waals surface area contributed by atoms with E-state index < -0.39 is 23.1 Å². The number of carbonyl (C=O) groups is 2. The quantitative estimate of drug-likeness (QED) is 0.734. The van der Waals surface area contributed by atoms with Crippen LogP contribution in [0.1, 0.15) is 0 Å². The minimum Gasteiger partial charge on any atom is -0.468 e. The van der Waals surface area contributed by atoms with E-state index in [-0.39, 0.29) is 13.1 Å². The molecule has 0 aromatic carbocycles. The van der Waals surface area contributed by atoms with E-state index in [9.17, 15) is 19.2 Å². The van der Waals surface area contributed by atoms with E-state index in [1.54, 1.807) is 11.4 Å². The predicted molar refractivity (Wildman–Crippen MR) is 76.4 cm³/mol. The number of thiophene rings is 1. The van der Waals surface area contributed by atoms with Gasteiger partial charge in [0.25, 0.3) is 5.56 Å². The largest absolute Gasteiger partial charge is 0.468 e. The van der Waals surface area contributed by atoms with Gasteiger partial charge in [0.2, 0.25) is 5.91 Å². The fraction of sp³-hybridized carbons (Fsp3) is 0.333. The monoisotopic (exact) mass is 311 g/mol. The Bertz CT molecular complexity index is 816. The molecular formula is C12H13N3O5S. The molecule has 112 valence electrons. The molecule has 1 amide bonds. The van der Waals surface area contributed by atoms with Gasteiger partial charge in [-0.25, -0.2) is 4.79 Å². The van der Waals surface area contributed by atoms with Crippen LogP contribution in [0.4, 0.5) is 0 Å². The number of nitrogens with one attached hydrogen (secondary N) is 1. The average molecular weight is 311 g/mol. The minimum absolute atomic E-state index is 0.275. The summed E-state index contributed by atoms with van der Waals surface area (Å²) in [6, 6.07) is 1.61. The molecule has 0 atom stereocenters. The number of rotatable bonds is 4. The van der Waals surface area contributed by atoms with Gasteiger partial charge in [-0.2, -0.15) is 0 Å². The van der Waals surface area contributed by atoms with Gasteiger partial charge in [0.1, 0.15) is 17.8 Å². The summed E-state index contributed by atoms with van der Waals surface area (Å²) < 4.78 is 6.95. The third-order valence-corrected chi connectivity index (χ3v) is 3.80. The van der Waals surface area contributed by atoms with Crippen LogP contribution in [0.5, 0.6) is 0 Å². The number of hydrogen-bond donors (Lipinski definition) is 1. The summed E-state index contributed by atoms with van der Waals surface area (Å²) in [7, 11) is 2.56. The molecule has 0 fully saturated rings. The van der Waals surface area contributed by atoms with E-state index in [2.05, 4.69) is 10.1 Å². The zero-order valence-electron chi connectivity index (χ0n) is 11.4. The van der Waals surface area contributed by atoms with Gasteiger partial charge in [0.15, 0.2) is 0 Å². The van der Waals surface area contributed by atoms with Gasteiger partial charge in [-0.15, -0.1) is 11.3 Å². The SMILES string of the molecule is COC(=O)CNC(=O)Cn1c(=O)n(C)c(=O)c2sccc21. The van der Waals surface area contributed by atoms with Gasteiger partial charge in [0.05, 0.1) is 12.6 Å². The molecule has 9 heteroatoms. The molecule has 0 aliphatic heterocycles. The maximum atomic E-state index is 12.1. The normalized spacial score (nSPS) is 10.6. The highest BCUT2D eigenvalue weighted by molar-refractivity contribution is 7.17. The molecule has 2 aromatic heterocycles. The molecule has 21 heavy (non-hydrogen) atoms. The van der Waals surface area contributed by atoms with E-state index in [4.69, 9.17) is 0 Å². The highest BCUT2D eigenvalue weighted by atomic mass is 32.1. The van der Waals surface area contributed by atoms with Crippen LogP contribution in [0.15, 0.2) is 21.0 Å². The molecule has 0 saturated carbocycles. The first-order valence-corrected chi connectivity index (χ1v) is 6.84. The zero-order chi connectivity index (χ0) is 15.6. The molecule has 0 spiro atoms. The lowest BCUT2D eigenvalue weighted by atomic mass is 10.4. The van der Waals surface area contributed by atoms with E-state index in [1.165, 1.54) is 30.1 Å². The number of hydrogen-bond acceptors (Lipinski definition) is 6. The van der Waals surface area contributed by atoms with Crippen LogP contribution in [0.25, 0.3) is 10.2 Å². The second kappa shape index (κ2) is 5.92. The predicted octanol–water partition coefficient (Wildman–Crippen LogP) is -0.949. The standard InChI is InChI=1S/C12H13N3O5S/c1-14-11(18)10-7(3-4-21-10)15(12(14)19)6-8(16)13-5-9(17)20-2/h3-4H,5-6H2,1-2H3,(H,13,16). The first-order chi connectivity index (χ1) is 9.95. The van der Waals surface area contributed by atoms with E-state index in [0.717, 1.165) is 4.57 Å². The zero-order valence-corrected chi connectivity index (χ0v) is 12.2. The van der Waals surface area contributed by atoms with Crippen LogP contribution in [0.2, 0.25) is 0 Å². The van der Waals surface area contributed by atoms with Crippen molar-refractivity contribution in [1.82, 2.24) is 14.5 Å². The summed E-state index contributed by atoms with van der Waals surface area (Å²) >= 11 is 1.20. The lowest BCUT2D eigenvalue weighted by Crippen LogP contribution is -2.41. The Kier molecular flexibility index (Phi) is 4.22. The Morgan fingerprint density at radius 2 is 2.10 bits per heavy atom. The Balaban J connectivity index is 2.33. The van der Waals surface area contributed by atoms with E-state index >= 15 is 0 Å². The number of aromatic nitrogens is 2. The summed E-state index contributed by atoms with van der Waals surface area (Å²) in [6.07, 6.45) is 0. The highest BCUT2D eigenvalue weighted by Crippen LogP contribution is 2.14. The Morgan fingerprint density at radius 1 is 1.38 bits per heavy atom. The summed E-state index contributed by atoms with van der Waals surface area (Å²) in [5.41, 5.74) is -0.573. The van der Waals surface area contributed by atoms with Crippen molar-refractivity contribution in [2.75, 3.05) is 13.7 Å². The molecule has 0 aliphatic carbocycles. The number of ether oxygens (including phenoxy) is 1. The first-order valence-electron chi connectivity index (χ1n) is 5.96. The van der Waals surface area contributed by atoms with Gasteiger partial charge in [-0.1, -0.05) is 0 Å². The van der Waals surface area contributed by atoms with Crippen LogP contribution >= 0.6 is 11.3 Å². The van der Waals surface area contributed by atoms with Crippen molar-refractivity contribution in [3.8, 4) is 0 Å². The minimum atomic E-state index is -0.586. The van der Waals surface area contributed by atoms with E-state index in [0.29, 0.717) is 10.2 Å². The van der Waals surface area contributed by atoms with Crippen molar-refractivity contribution in [1.29, 1.82) is 0 Å². The van der Waals surface area contributed by atoms with Crippen LogP contribution in [0.3, 0.4) is 0 Å². The second-order valence-electron chi connectivity index (χ2n) is 4.22. The van der Waals surface area contributed by atoms with Crippen LogP contribution in [-0.4, -0.2) is 34.7 Å². The maximum Gasteiger partial charge on any atom is 0.331 e. The van der Waals surface area contributed by atoms with Gasteiger partial charge >= 0.3 is 11.7 Å². The number of fused-ring (bicyclic) bond motifs is 1. The van der Waals surface area contributed by atoms with Crippen LogP contribution in [-0.2, 0) is 27.9 Å². The molecule has 0 radical (unpaired) electrons. The van der Waals surface area contributed by atoms with Crippen molar-refractivity contribution >= 4 is 33.4 Å². The molecule has 8 nitrogen and oxygen atoms in total. The Morgan fingerprint density at radius 3 is 2.76 bits per heavy atom. The summed E-state index contributed by atoms with van der Waals surface area (Å²) in [5, 5.41) is 4.02. The molecule has 2 aromatic rings. The smallest absolute Gasteiger partial charge is 0.331 e. The molecule has 0 bridgehead atoms. The Hall–Kier alpha value is -2.42. The van der Waals surface area contributed by atoms with Crippen LogP contribution < -0.4 is 16.6 Å². The second-order valence-corrected chi connectivity index (χ2v) is 5.14. The highest BCUT2D eigenvalue weighted by Gasteiger charge is 2.14. The lowest BCUT2D eigenvalue weighted by Gasteiger charge is -2.09. The van der Waals surface area contributed by atoms with Crippen molar-refractivity contribution in [3.63, 3.8) is 0 Å². The number of amides is 1. The molecule has 0 aliphatic rings.